The summed E-state index contributed by atoms with van der Waals surface area (Å²) in [6.07, 6.45) is 9.40. The van der Waals surface area contributed by atoms with Gasteiger partial charge in [-0.15, -0.1) is 0 Å². The van der Waals surface area contributed by atoms with E-state index in [4.69, 9.17) is 4.74 Å². The molecule has 98 valence electrons. The predicted molar refractivity (Wildman–Crippen MR) is 76.7 cm³/mol. The summed E-state index contributed by atoms with van der Waals surface area (Å²) in [5.41, 5.74) is 1.85. The van der Waals surface area contributed by atoms with Crippen LogP contribution in [0, 0.1) is 5.41 Å². The Bertz CT molecular complexity index is 378. The quantitative estimate of drug-likeness (QED) is 0.714. The van der Waals surface area contributed by atoms with Crippen molar-refractivity contribution in [3.8, 4) is 0 Å². The highest BCUT2D eigenvalue weighted by molar-refractivity contribution is 5.15. The summed E-state index contributed by atoms with van der Waals surface area (Å²) in [6, 6.07) is 10.6. The Kier molecular flexibility index (Phi) is 4.60. The molecule has 1 aromatic rings. The highest BCUT2D eigenvalue weighted by atomic mass is 16.5. The van der Waals surface area contributed by atoms with Gasteiger partial charge in [0.05, 0.1) is 6.10 Å². The minimum atomic E-state index is 0.324. The fourth-order valence-electron chi connectivity index (χ4n) is 2.46. The molecule has 1 unspecified atom stereocenters. The van der Waals surface area contributed by atoms with Gasteiger partial charge in [-0.1, -0.05) is 56.3 Å². The smallest absolute Gasteiger partial charge is 0.0760 e. The molecule has 18 heavy (non-hydrogen) atoms. The summed E-state index contributed by atoms with van der Waals surface area (Å²) < 4.78 is 5.78. The van der Waals surface area contributed by atoms with Crippen molar-refractivity contribution in [2.45, 2.75) is 45.6 Å². The lowest BCUT2D eigenvalue weighted by Crippen LogP contribution is -2.29. The van der Waals surface area contributed by atoms with E-state index in [1.54, 1.807) is 0 Å². The summed E-state index contributed by atoms with van der Waals surface area (Å²) in [5.74, 6) is 0. The number of rotatable bonds is 4. The molecule has 0 N–H and O–H groups in total. The van der Waals surface area contributed by atoms with Crippen molar-refractivity contribution in [3.05, 3.63) is 48.0 Å². The van der Waals surface area contributed by atoms with E-state index in [9.17, 15) is 0 Å². The molecule has 1 heterocycles. The second-order valence-corrected chi connectivity index (χ2v) is 5.98. The second-order valence-electron chi connectivity index (χ2n) is 5.98. The molecule has 1 aromatic carbocycles. The van der Waals surface area contributed by atoms with Crippen LogP contribution in [0.5, 0.6) is 0 Å². The molecular weight excluding hydrogens is 220 g/mol. The van der Waals surface area contributed by atoms with Gasteiger partial charge < -0.3 is 4.74 Å². The zero-order valence-electron chi connectivity index (χ0n) is 11.6. The Morgan fingerprint density at radius 3 is 2.78 bits per heavy atom. The van der Waals surface area contributed by atoms with Crippen LogP contribution in [0.2, 0.25) is 0 Å². The van der Waals surface area contributed by atoms with Crippen molar-refractivity contribution in [2.24, 2.45) is 5.41 Å². The molecule has 1 fully saturated rings. The minimum Gasteiger partial charge on any atom is -0.374 e. The molecule has 1 saturated heterocycles. The molecule has 0 radical (unpaired) electrons. The van der Waals surface area contributed by atoms with E-state index in [0.717, 1.165) is 25.9 Å². The van der Waals surface area contributed by atoms with Crippen LogP contribution < -0.4 is 0 Å². The first-order valence-electron chi connectivity index (χ1n) is 6.98. The lowest BCUT2D eigenvalue weighted by molar-refractivity contribution is -0.0100. The third-order valence-corrected chi connectivity index (χ3v) is 3.66. The number of ether oxygens (including phenoxy) is 1. The second kappa shape index (κ2) is 6.19. The van der Waals surface area contributed by atoms with Crippen LogP contribution in [-0.4, -0.2) is 12.7 Å². The number of aryl methyl sites for hydroxylation is 1. The molecule has 0 amide bonds. The molecular formula is C17H24O. The van der Waals surface area contributed by atoms with E-state index in [1.807, 2.05) is 0 Å². The van der Waals surface area contributed by atoms with Gasteiger partial charge in [-0.05, 0) is 36.7 Å². The van der Waals surface area contributed by atoms with Gasteiger partial charge in [0.25, 0.3) is 0 Å². The lowest BCUT2D eigenvalue weighted by atomic mass is 9.82. The first-order chi connectivity index (χ1) is 8.66. The molecule has 0 aliphatic carbocycles. The van der Waals surface area contributed by atoms with Crippen LogP contribution >= 0.6 is 0 Å². The molecule has 1 heteroatoms. The Hall–Kier alpha value is -1.08. The van der Waals surface area contributed by atoms with Crippen LogP contribution in [0.3, 0.4) is 0 Å². The van der Waals surface area contributed by atoms with Gasteiger partial charge in [0, 0.05) is 6.61 Å². The van der Waals surface area contributed by atoms with Crippen LogP contribution in [0.25, 0.3) is 0 Å². The monoisotopic (exact) mass is 244 g/mol. The Balaban J connectivity index is 1.75. The van der Waals surface area contributed by atoms with Crippen molar-refractivity contribution < 1.29 is 4.74 Å². The molecule has 0 bridgehead atoms. The Labute approximate surface area is 111 Å². The van der Waals surface area contributed by atoms with Gasteiger partial charge in [0.1, 0.15) is 0 Å². The molecule has 0 spiro atoms. The highest BCUT2D eigenvalue weighted by Crippen LogP contribution is 2.32. The first kappa shape index (κ1) is 13.4. The normalized spacial score (nSPS) is 23.3. The number of benzene rings is 1. The molecule has 2 rings (SSSR count). The lowest BCUT2D eigenvalue weighted by Gasteiger charge is -2.33. The number of hydrogen-bond donors (Lipinski definition) is 0. The van der Waals surface area contributed by atoms with Crippen LogP contribution in [0.1, 0.15) is 38.7 Å². The van der Waals surface area contributed by atoms with Crippen molar-refractivity contribution >= 4 is 0 Å². The van der Waals surface area contributed by atoms with Gasteiger partial charge in [0.2, 0.25) is 0 Å². The highest BCUT2D eigenvalue weighted by Gasteiger charge is 2.26. The maximum atomic E-state index is 5.78. The Morgan fingerprint density at radius 1 is 1.28 bits per heavy atom. The zero-order chi connectivity index (χ0) is 12.8. The third kappa shape index (κ3) is 4.30. The summed E-state index contributed by atoms with van der Waals surface area (Å²) >= 11 is 0. The fourth-order valence-corrected chi connectivity index (χ4v) is 2.46. The minimum absolute atomic E-state index is 0.324. The topological polar surface area (TPSA) is 9.23 Å². The SMILES string of the molecule is CC1(C)CCOC(/C=C/CCc2ccccc2)C1. The van der Waals surface area contributed by atoms with Gasteiger partial charge in [0.15, 0.2) is 0 Å². The molecule has 1 atom stereocenters. The van der Waals surface area contributed by atoms with Crippen molar-refractivity contribution in [2.75, 3.05) is 6.61 Å². The van der Waals surface area contributed by atoms with E-state index < -0.39 is 0 Å². The summed E-state index contributed by atoms with van der Waals surface area (Å²) in [7, 11) is 0. The molecule has 0 aromatic heterocycles. The van der Waals surface area contributed by atoms with Gasteiger partial charge >= 0.3 is 0 Å². The maximum absolute atomic E-state index is 5.78. The van der Waals surface area contributed by atoms with E-state index in [-0.39, 0.29) is 0 Å². The van der Waals surface area contributed by atoms with E-state index in [0.29, 0.717) is 11.5 Å². The van der Waals surface area contributed by atoms with Gasteiger partial charge in [-0.2, -0.15) is 0 Å². The molecule has 1 aliphatic heterocycles. The zero-order valence-corrected chi connectivity index (χ0v) is 11.6. The van der Waals surface area contributed by atoms with Gasteiger partial charge in [-0.3, -0.25) is 0 Å². The maximum Gasteiger partial charge on any atom is 0.0760 e. The van der Waals surface area contributed by atoms with E-state index in [2.05, 4.69) is 56.3 Å². The summed E-state index contributed by atoms with van der Waals surface area (Å²) in [4.78, 5) is 0. The van der Waals surface area contributed by atoms with E-state index in [1.165, 1.54) is 12.0 Å². The van der Waals surface area contributed by atoms with Crippen LogP contribution in [-0.2, 0) is 11.2 Å². The summed E-state index contributed by atoms with van der Waals surface area (Å²) in [5, 5.41) is 0. The molecule has 1 nitrogen and oxygen atoms in total. The summed E-state index contributed by atoms with van der Waals surface area (Å²) in [6.45, 7) is 5.57. The average Bonchev–Trinajstić information content (AvgIpc) is 2.35. The molecule has 1 aliphatic rings. The fraction of sp³-hybridized carbons (Fsp3) is 0.529. The van der Waals surface area contributed by atoms with Crippen LogP contribution in [0.15, 0.2) is 42.5 Å². The largest absolute Gasteiger partial charge is 0.374 e. The predicted octanol–water partition coefficient (Wildman–Crippen LogP) is 4.38. The standard InChI is InChI=1S/C17H24O/c1-17(2)12-13-18-16(14-17)11-7-6-10-15-8-4-3-5-9-15/h3-5,7-9,11,16H,6,10,12-14H2,1-2H3/b11-7+. The van der Waals surface area contributed by atoms with Crippen molar-refractivity contribution in [1.29, 1.82) is 0 Å². The average molecular weight is 244 g/mol. The first-order valence-corrected chi connectivity index (χ1v) is 6.98. The number of allylic oxidation sites excluding steroid dienone is 1. The molecule has 0 saturated carbocycles. The Morgan fingerprint density at radius 2 is 2.06 bits per heavy atom. The van der Waals surface area contributed by atoms with Gasteiger partial charge in [-0.25, -0.2) is 0 Å². The number of hydrogen-bond acceptors (Lipinski definition) is 1. The van der Waals surface area contributed by atoms with Crippen molar-refractivity contribution in [1.82, 2.24) is 0 Å². The van der Waals surface area contributed by atoms with Crippen LogP contribution in [0.4, 0.5) is 0 Å². The third-order valence-electron chi connectivity index (χ3n) is 3.66. The van der Waals surface area contributed by atoms with E-state index >= 15 is 0 Å². The van der Waals surface area contributed by atoms with Crippen molar-refractivity contribution in [3.63, 3.8) is 0 Å².